The molecule has 0 unspecified atom stereocenters. The van der Waals surface area contributed by atoms with Crippen molar-refractivity contribution in [2.75, 3.05) is 12.3 Å². The number of para-hydroxylation sites is 2. The molecule has 3 aromatic heterocycles. The molecule has 0 bridgehead atoms. The zero-order valence-electron chi connectivity index (χ0n) is 14.3. The second-order valence-electron chi connectivity index (χ2n) is 5.72. The second kappa shape index (κ2) is 7.00. The molecule has 3 heterocycles. The monoisotopic (exact) mass is 376 g/mol. The first kappa shape index (κ1) is 16.9. The molecule has 0 aliphatic carbocycles. The van der Waals surface area contributed by atoms with Crippen molar-refractivity contribution >= 4 is 51.5 Å². The van der Waals surface area contributed by atoms with Gasteiger partial charge in [-0.3, -0.25) is 4.79 Å². The van der Waals surface area contributed by atoms with Crippen molar-refractivity contribution in [2.45, 2.75) is 0 Å². The Bertz CT molecular complexity index is 1180. The molecule has 1 amide bonds. The number of nitrogens with two attached hydrogens (primary N) is 1. The molecule has 8 heteroatoms. The maximum absolute atomic E-state index is 12.7. The largest absolute Gasteiger partial charge is 0.383 e. The number of anilines is 1. The van der Waals surface area contributed by atoms with E-state index in [1.165, 1.54) is 4.68 Å². The lowest BCUT2D eigenvalue weighted by molar-refractivity contribution is 0.0960. The molecule has 0 saturated carbocycles. The van der Waals surface area contributed by atoms with E-state index in [4.69, 9.17) is 5.73 Å². The fourth-order valence-corrected chi connectivity index (χ4v) is 3.30. The van der Waals surface area contributed by atoms with Crippen molar-refractivity contribution < 1.29 is 4.79 Å². The summed E-state index contributed by atoms with van der Waals surface area (Å²) >= 11 is 1.55. The van der Waals surface area contributed by atoms with Gasteiger partial charge >= 0.3 is 0 Å². The Balaban J connectivity index is 1.95. The van der Waals surface area contributed by atoms with E-state index in [0.717, 1.165) is 4.88 Å². The molecule has 7 nitrogen and oxygen atoms in total. The van der Waals surface area contributed by atoms with Gasteiger partial charge in [-0.1, -0.05) is 24.3 Å². The standard InChI is InChI=1S/C19H16N6OS/c1-2-9-21-19(26)15-16-18(24-14-8-4-3-7-13(14)23-16)25(17(15)20)22-11-12-6-5-10-27-12/h2-8,10-11H,1,9,20H2,(H,21,26)/b22-11+. The minimum atomic E-state index is -0.341. The number of aromatic nitrogens is 3. The second-order valence-corrected chi connectivity index (χ2v) is 6.69. The number of benzene rings is 1. The average molecular weight is 376 g/mol. The Morgan fingerprint density at radius 1 is 1.26 bits per heavy atom. The van der Waals surface area contributed by atoms with Crippen LogP contribution in [0.3, 0.4) is 0 Å². The summed E-state index contributed by atoms with van der Waals surface area (Å²) in [6.45, 7) is 3.94. The van der Waals surface area contributed by atoms with Crippen LogP contribution < -0.4 is 11.1 Å². The lowest BCUT2D eigenvalue weighted by atomic mass is 10.2. The van der Waals surface area contributed by atoms with Crippen LogP contribution in [0.5, 0.6) is 0 Å². The lowest BCUT2D eigenvalue weighted by Crippen LogP contribution is -2.24. The maximum atomic E-state index is 12.7. The molecule has 4 rings (SSSR count). The van der Waals surface area contributed by atoms with Crippen molar-refractivity contribution in [3.8, 4) is 0 Å². The highest BCUT2D eigenvalue weighted by atomic mass is 32.1. The van der Waals surface area contributed by atoms with Crippen molar-refractivity contribution in [3.05, 3.63) is 64.9 Å². The quantitative estimate of drug-likeness (QED) is 0.413. The maximum Gasteiger partial charge on any atom is 0.257 e. The third-order valence-corrected chi connectivity index (χ3v) is 4.76. The van der Waals surface area contributed by atoms with Gasteiger partial charge in [0, 0.05) is 11.4 Å². The number of thiophene rings is 1. The topological polar surface area (TPSA) is 98.2 Å². The van der Waals surface area contributed by atoms with Crippen molar-refractivity contribution in [2.24, 2.45) is 5.10 Å². The number of amides is 1. The summed E-state index contributed by atoms with van der Waals surface area (Å²) in [5.41, 5.74) is 8.77. The van der Waals surface area contributed by atoms with Crippen LogP contribution in [0, 0.1) is 0 Å². The highest BCUT2D eigenvalue weighted by molar-refractivity contribution is 7.11. The van der Waals surface area contributed by atoms with E-state index in [1.807, 2.05) is 41.8 Å². The normalized spacial score (nSPS) is 11.4. The van der Waals surface area contributed by atoms with Crippen LogP contribution in [-0.4, -0.2) is 33.3 Å². The molecular weight excluding hydrogens is 360 g/mol. The van der Waals surface area contributed by atoms with E-state index in [2.05, 4.69) is 27.0 Å². The van der Waals surface area contributed by atoms with Crippen LogP contribution in [-0.2, 0) is 0 Å². The van der Waals surface area contributed by atoms with Crippen LogP contribution in [0.4, 0.5) is 5.82 Å². The number of hydrogen-bond acceptors (Lipinski definition) is 6. The number of fused-ring (bicyclic) bond motifs is 2. The van der Waals surface area contributed by atoms with Gasteiger partial charge < -0.3 is 11.1 Å². The number of nitrogens with one attached hydrogen (secondary N) is 1. The van der Waals surface area contributed by atoms with E-state index in [1.54, 1.807) is 23.6 Å². The summed E-state index contributed by atoms with van der Waals surface area (Å²) < 4.78 is 1.46. The number of carbonyl (C=O) groups is 1. The minimum absolute atomic E-state index is 0.190. The first-order valence-corrected chi connectivity index (χ1v) is 9.10. The highest BCUT2D eigenvalue weighted by Gasteiger charge is 2.23. The zero-order valence-corrected chi connectivity index (χ0v) is 15.1. The fourth-order valence-electron chi connectivity index (χ4n) is 2.72. The van der Waals surface area contributed by atoms with Crippen molar-refractivity contribution in [1.29, 1.82) is 0 Å². The predicted octanol–water partition coefficient (Wildman–Crippen LogP) is 3.03. The molecule has 27 heavy (non-hydrogen) atoms. The first-order valence-electron chi connectivity index (χ1n) is 8.22. The Hall–Kier alpha value is -3.52. The molecule has 4 aromatic rings. The fraction of sp³-hybridized carbons (Fsp3) is 0.0526. The van der Waals surface area contributed by atoms with E-state index < -0.39 is 0 Å². The third-order valence-electron chi connectivity index (χ3n) is 3.95. The van der Waals surface area contributed by atoms with Crippen LogP contribution in [0.15, 0.2) is 59.5 Å². The number of nitrogens with zero attached hydrogens (tertiary/aromatic N) is 4. The number of carbonyl (C=O) groups excluding carboxylic acids is 1. The molecule has 3 N–H and O–H groups in total. The Labute approximate surface area is 158 Å². The van der Waals surface area contributed by atoms with Gasteiger partial charge in [0.25, 0.3) is 5.91 Å². The van der Waals surface area contributed by atoms with Crippen molar-refractivity contribution in [1.82, 2.24) is 20.0 Å². The summed E-state index contributed by atoms with van der Waals surface area (Å²) in [6.07, 6.45) is 3.28. The number of rotatable bonds is 5. The molecule has 1 aromatic carbocycles. The number of hydrogen-bond donors (Lipinski definition) is 2. The molecule has 0 atom stereocenters. The molecule has 0 radical (unpaired) electrons. The highest BCUT2D eigenvalue weighted by Crippen LogP contribution is 2.27. The summed E-state index contributed by atoms with van der Waals surface area (Å²) in [6, 6.07) is 11.3. The van der Waals surface area contributed by atoms with E-state index >= 15 is 0 Å². The zero-order chi connectivity index (χ0) is 18.8. The van der Waals surface area contributed by atoms with Gasteiger partial charge in [-0.05, 0) is 23.6 Å². The molecule has 0 spiro atoms. The smallest absolute Gasteiger partial charge is 0.257 e. The third kappa shape index (κ3) is 3.06. The van der Waals surface area contributed by atoms with Crippen LogP contribution in [0.25, 0.3) is 22.2 Å². The SMILES string of the molecule is C=CCNC(=O)c1c(N)n(/N=C/c2cccs2)c2nc3ccccc3nc12. The van der Waals surface area contributed by atoms with Gasteiger partial charge in [0.1, 0.15) is 16.9 Å². The summed E-state index contributed by atoms with van der Waals surface area (Å²) in [5.74, 6) is -0.151. The van der Waals surface area contributed by atoms with Gasteiger partial charge in [0.05, 0.1) is 17.2 Å². The first-order chi connectivity index (χ1) is 13.2. The molecule has 0 fully saturated rings. The summed E-state index contributed by atoms with van der Waals surface area (Å²) in [5, 5.41) is 9.14. The Kier molecular flexibility index (Phi) is 4.39. The van der Waals surface area contributed by atoms with Gasteiger partial charge in [0.15, 0.2) is 5.65 Å². The Morgan fingerprint density at radius 3 is 2.74 bits per heavy atom. The summed E-state index contributed by atoms with van der Waals surface area (Å²) in [4.78, 5) is 22.9. The molecule has 134 valence electrons. The van der Waals surface area contributed by atoms with E-state index in [-0.39, 0.29) is 17.3 Å². The Morgan fingerprint density at radius 2 is 2.04 bits per heavy atom. The van der Waals surface area contributed by atoms with Crippen LogP contribution in [0.2, 0.25) is 0 Å². The van der Waals surface area contributed by atoms with E-state index in [0.29, 0.717) is 28.7 Å². The molecule has 0 saturated heterocycles. The van der Waals surface area contributed by atoms with Gasteiger partial charge in [-0.2, -0.15) is 9.78 Å². The predicted molar refractivity (Wildman–Crippen MR) is 109 cm³/mol. The lowest BCUT2D eigenvalue weighted by Gasteiger charge is -2.02. The van der Waals surface area contributed by atoms with Crippen LogP contribution in [0.1, 0.15) is 15.2 Å². The van der Waals surface area contributed by atoms with Gasteiger partial charge in [0.2, 0.25) is 0 Å². The van der Waals surface area contributed by atoms with Crippen LogP contribution >= 0.6 is 11.3 Å². The summed E-state index contributed by atoms with van der Waals surface area (Å²) in [7, 11) is 0. The number of nitrogen functional groups attached to an aromatic ring is 1. The van der Waals surface area contributed by atoms with Gasteiger partial charge in [-0.25, -0.2) is 9.97 Å². The van der Waals surface area contributed by atoms with E-state index in [9.17, 15) is 4.79 Å². The van der Waals surface area contributed by atoms with Gasteiger partial charge in [-0.15, -0.1) is 17.9 Å². The molecule has 0 aliphatic rings. The molecular formula is C19H16N6OS. The minimum Gasteiger partial charge on any atom is -0.383 e. The van der Waals surface area contributed by atoms with Crippen molar-refractivity contribution in [3.63, 3.8) is 0 Å². The molecule has 0 aliphatic heterocycles. The average Bonchev–Trinajstić information content (AvgIpc) is 3.28.